The van der Waals surface area contributed by atoms with Crippen LogP contribution in [0.25, 0.3) is 0 Å². The van der Waals surface area contributed by atoms with Gasteiger partial charge in [0, 0.05) is 35.9 Å². The van der Waals surface area contributed by atoms with Crippen molar-refractivity contribution in [2.24, 2.45) is 0 Å². The van der Waals surface area contributed by atoms with E-state index in [-0.39, 0.29) is 0 Å². The summed E-state index contributed by atoms with van der Waals surface area (Å²) < 4.78 is 0. The number of rotatable bonds is 0. The zero-order chi connectivity index (χ0) is 10.5. The highest BCUT2D eigenvalue weighted by Gasteiger charge is 1.91. The van der Waals surface area contributed by atoms with Crippen LogP contribution in [0, 0.1) is 18.8 Å². The van der Waals surface area contributed by atoms with Crippen molar-refractivity contribution in [1.29, 1.82) is 0 Å². The predicted octanol–water partition coefficient (Wildman–Crippen LogP) is 2.18. The number of pyridine rings is 2. The minimum absolute atomic E-state index is 0.917. The first kappa shape index (κ1) is 9.42. The molecule has 2 nitrogen and oxygen atoms in total. The Labute approximate surface area is 89.0 Å². The molecule has 0 amide bonds. The highest BCUT2D eigenvalue weighted by Crippen LogP contribution is 2.02. The first-order valence-electron chi connectivity index (χ1n) is 4.69. The van der Waals surface area contributed by atoms with Crippen molar-refractivity contribution < 1.29 is 0 Å². The first-order chi connectivity index (χ1) is 7.36. The number of aryl methyl sites for hydroxylation is 1. The van der Waals surface area contributed by atoms with Crippen molar-refractivity contribution in [3.05, 3.63) is 59.7 Å². The molecule has 0 bridgehead atoms. The van der Waals surface area contributed by atoms with E-state index < -0.39 is 0 Å². The summed E-state index contributed by atoms with van der Waals surface area (Å²) in [5.74, 6) is 6.13. The Kier molecular flexibility index (Phi) is 2.75. The quantitative estimate of drug-likeness (QED) is 0.601. The summed E-state index contributed by atoms with van der Waals surface area (Å²) in [6.07, 6.45) is 7.03. The van der Waals surface area contributed by atoms with Gasteiger partial charge in [0.1, 0.15) is 0 Å². The van der Waals surface area contributed by atoms with Gasteiger partial charge in [0.05, 0.1) is 0 Å². The molecule has 2 heteroatoms. The standard InChI is InChI=1S/C13H10N2/c1-11-6-8-15-10-13(11)5-4-12-3-2-7-14-9-12/h2-3,6-10H,1H3. The summed E-state index contributed by atoms with van der Waals surface area (Å²) >= 11 is 0. The molecule has 0 N–H and O–H groups in total. The van der Waals surface area contributed by atoms with Crippen molar-refractivity contribution in [2.75, 3.05) is 0 Å². The Morgan fingerprint density at radius 1 is 1.00 bits per heavy atom. The molecule has 15 heavy (non-hydrogen) atoms. The molecule has 0 aromatic carbocycles. The van der Waals surface area contributed by atoms with Gasteiger partial charge in [-0.2, -0.15) is 0 Å². The SMILES string of the molecule is Cc1ccncc1C#Cc1cccnc1. The van der Waals surface area contributed by atoms with Crippen LogP contribution in [-0.4, -0.2) is 9.97 Å². The van der Waals surface area contributed by atoms with Crippen LogP contribution in [0.5, 0.6) is 0 Å². The zero-order valence-corrected chi connectivity index (χ0v) is 8.44. The fourth-order valence-corrected chi connectivity index (χ4v) is 1.17. The Morgan fingerprint density at radius 2 is 1.87 bits per heavy atom. The normalized spacial score (nSPS) is 9.13. The zero-order valence-electron chi connectivity index (χ0n) is 8.44. The summed E-state index contributed by atoms with van der Waals surface area (Å²) in [4.78, 5) is 8.04. The van der Waals surface area contributed by atoms with Crippen molar-refractivity contribution in [2.45, 2.75) is 6.92 Å². The Balaban J connectivity index is 2.31. The average molecular weight is 194 g/mol. The minimum Gasteiger partial charge on any atom is -0.263 e. The van der Waals surface area contributed by atoms with Crippen LogP contribution in [0.4, 0.5) is 0 Å². The molecule has 2 rings (SSSR count). The second-order valence-corrected chi connectivity index (χ2v) is 3.18. The van der Waals surface area contributed by atoms with Crippen LogP contribution in [0.15, 0.2) is 43.0 Å². The molecule has 72 valence electrons. The largest absolute Gasteiger partial charge is 0.263 e. The summed E-state index contributed by atoms with van der Waals surface area (Å²) in [6, 6.07) is 5.76. The fraction of sp³-hybridized carbons (Fsp3) is 0.0769. The van der Waals surface area contributed by atoms with Gasteiger partial charge in [-0.3, -0.25) is 9.97 Å². The predicted molar refractivity (Wildman–Crippen MR) is 59.2 cm³/mol. The second kappa shape index (κ2) is 4.39. The highest BCUT2D eigenvalue weighted by atomic mass is 14.6. The number of aromatic nitrogens is 2. The maximum absolute atomic E-state index is 4.04. The molecule has 0 saturated carbocycles. The lowest BCUT2D eigenvalue weighted by Crippen LogP contribution is -1.83. The van der Waals surface area contributed by atoms with Gasteiger partial charge < -0.3 is 0 Å². The fourth-order valence-electron chi connectivity index (χ4n) is 1.17. The van der Waals surface area contributed by atoms with Crippen LogP contribution in [0.2, 0.25) is 0 Å². The summed E-state index contributed by atoms with van der Waals surface area (Å²) in [5.41, 5.74) is 3.02. The van der Waals surface area contributed by atoms with Gasteiger partial charge in [-0.1, -0.05) is 11.8 Å². The van der Waals surface area contributed by atoms with Crippen molar-refractivity contribution in [3.63, 3.8) is 0 Å². The average Bonchev–Trinajstić information content (AvgIpc) is 2.29. The van der Waals surface area contributed by atoms with Crippen LogP contribution in [0.3, 0.4) is 0 Å². The van der Waals surface area contributed by atoms with Gasteiger partial charge in [0.2, 0.25) is 0 Å². The van der Waals surface area contributed by atoms with Gasteiger partial charge in [-0.15, -0.1) is 0 Å². The van der Waals surface area contributed by atoms with Gasteiger partial charge in [-0.25, -0.2) is 0 Å². The van der Waals surface area contributed by atoms with Gasteiger partial charge >= 0.3 is 0 Å². The molecule has 0 atom stereocenters. The lowest BCUT2D eigenvalue weighted by atomic mass is 10.1. The molecule has 2 aromatic rings. The Bertz CT molecular complexity index is 507. The third-order valence-corrected chi connectivity index (χ3v) is 2.04. The van der Waals surface area contributed by atoms with Crippen LogP contribution in [-0.2, 0) is 0 Å². The maximum Gasteiger partial charge on any atom is 0.0461 e. The summed E-state index contributed by atoms with van der Waals surface area (Å²) in [5, 5.41) is 0. The van der Waals surface area contributed by atoms with Crippen LogP contribution in [0.1, 0.15) is 16.7 Å². The number of nitrogens with zero attached hydrogens (tertiary/aromatic N) is 2. The molecule has 0 unspecified atom stereocenters. The van der Waals surface area contributed by atoms with Gasteiger partial charge in [-0.05, 0) is 30.7 Å². The number of hydrogen-bond donors (Lipinski definition) is 0. The van der Waals surface area contributed by atoms with Crippen molar-refractivity contribution >= 4 is 0 Å². The van der Waals surface area contributed by atoms with Crippen molar-refractivity contribution in [3.8, 4) is 11.8 Å². The third-order valence-electron chi connectivity index (χ3n) is 2.04. The molecule has 0 saturated heterocycles. The van der Waals surface area contributed by atoms with E-state index >= 15 is 0 Å². The van der Waals surface area contributed by atoms with E-state index in [1.807, 2.05) is 25.1 Å². The first-order valence-corrected chi connectivity index (χ1v) is 4.69. The van der Waals surface area contributed by atoms with E-state index in [1.54, 1.807) is 24.8 Å². The Morgan fingerprint density at radius 3 is 2.60 bits per heavy atom. The highest BCUT2D eigenvalue weighted by molar-refractivity contribution is 5.43. The third kappa shape index (κ3) is 2.41. The van der Waals surface area contributed by atoms with Gasteiger partial charge in [0.25, 0.3) is 0 Å². The molecule has 0 radical (unpaired) electrons. The van der Waals surface area contributed by atoms with E-state index in [0.717, 1.165) is 16.7 Å². The minimum atomic E-state index is 0.917. The molecule has 0 spiro atoms. The monoisotopic (exact) mass is 194 g/mol. The summed E-state index contributed by atoms with van der Waals surface area (Å²) in [7, 11) is 0. The molecular weight excluding hydrogens is 184 g/mol. The Hall–Kier alpha value is -2.14. The van der Waals surface area contributed by atoms with Crippen molar-refractivity contribution in [1.82, 2.24) is 9.97 Å². The van der Waals surface area contributed by atoms with E-state index in [2.05, 4.69) is 21.8 Å². The lowest BCUT2D eigenvalue weighted by molar-refractivity contribution is 1.26. The summed E-state index contributed by atoms with van der Waals surface area (Å²) in [6.45, 7) is 2.02. The lowest BCUT2D eigenvalue weighted by Gasteiger charge is -1.94. The van der Waals surface area contributed by atoms with Gasteiger partial charge in [0.15, 0.2) is 0 Å². The number of hydrogen-bond acceptors (Lipinski definition) is 2. The molecule has 2 heterocycles. The molecule has 0 aliphatic rings. The molecular formula is C13H10N2. The molecule has 2 aromatic heterocycles. The maximum atomic E-state index is 4.04. The topological polar surface area (TPSA) is 25.8 Å². The molecule has 0 aliphatic heterocycles. The van der Waals surface area contributed by atoms with Crippen LogP contribution < -0.4 is 0 Å². The van der Waals surface area contributed by atoms with E-state index in [9.17, 15) is 0 Å². The van der Waals surface area contributed by atoms with Crippen LogP contribution >= 0.6 is 0 Å². The molecule has 0 fully saturated rings. The van der Waals surface area contributed by atoms with E-state index in [1.165, 1.54) is 0 Å². The van der Waals surface area contributed by atoms with E-state index in [4.69, 9.17) is 0 Å². The second-order valence-electron chi connectivity index (χ2n) is 3.18. The smallest absolute Gasteiger partial charge is 0.0461 e. The molecule has 0 aliphatic carbocycles. The van der Waals surface area contributed by atoms with E-state index in [0.29, 0.717) is 0 Å².